The van der Waals surface area contributed by atoms with E-state index in [1.54, 1.807) is 24.3 Å². The summed E-state index contributed by atoms with van der Waals surface area (Å²) in [5.74, 6) is 1.04. The molecule has 1 saturated carbocycles. The van der Waals surface area contributed by atoms with Gasteiger partial charge in [0.05, 0.1) is 4.90 Å². The van der Waals surface area contributed by atoms with E-state index in [-0.39, 0.29) is 0 Å². The van der Waals surface area contributed by atoms with Gasteiger partial charge in [0.2, 0.25) is 10.0 Å². The second kappa shape index (κ2) is 7.02. The summed E-state index contributed by atoms with van der Waals surface area (Å²) >= 11 is 3.28. The van der Waals surface area contributed by atoms with E-state index in [0.717, 1.165) is 32.2 Å². The summed E-state index contributed by atoms with van der Waals surface area (Å²) in [4.78, 5) is 0.302. The minimum absolute atomic E-state index is 0.302. The maximum atomic E-state index is 12.3. The highest BCUT2D eigenvalue weighted by molar-refractivity contribution is 9.10. The van der Waals surface area contributed by atoms with E-state index in [0.29, 0.717) is 27.7 Å². The second-order valence-corrected chi connectivity index (χ2v) is 7.99. The van der Waals surface area contributed by atoms with Crippen LogP contribution in [0.3, 0.4) is 0 Å². The van der Waals surface area contributed by atoms with E-state index < -0.39 is 10.0 Å². The van der Waals surface area contributed by atoms with Crippen LogP contribution in [0.15, 0.2) is 33.6 Å². The van der Waals surface area contributed by atoms with E-state index >= 15 is 0 Å². The molecule has 0 bridgehead atoms. The molecule has 1 aromatic carbocycles. The number of rotatable bonds is 5. The molecule has 112 valence electrons. The normalized spacial score (nSPS) is 23.7. The smallest absolute Gasteiger partial charge is 0.241 e. The van der Waals surface area contributed by atoms with Gasteiger partial charge in [-0.05, 0) is 72.1 Å². The zero-order chi connectivity index (χ0) is 14.6. The lowest BCUT2D eigenvalue weighted by molar-refractivity contribution is 0.280. The van der Waals surface area contributed by atoms with Gasteiger partial charge in [0.25, 0.3) is 0 Å². The summed E-state index contributed by atoms with van der Waals surface area (Å²) in [5, 5.41) is 0. The molecule has 0 heterocycles. The molecule has 6 heteroatoms. The van der Waals surface area contributed by atoms with Gasteiger partial charge in [-0.1, -0.05) is 12.1 Å². The maximum Gasteiger partial charge on any atom is 0.241 e. The molecule has 1 fully saturated rings. The molecule has 4 nitrogen and oxygen atoms in total. The molecule has 1 aliphatic rings. The molecular weight excluding hydrogens is 340 g/mol. The van der Waals surface area contributed by atoms with E-state index in [4.69, 9.17) is 5.73 Å². The Kier molecular flexibility index (Phi) is 5.60. The summed E-state index contributed by atoms with van der Waals surface area (Å²) in [7, 11) is -3.43. The largest absolute Gasteiger partial charge is 0.330 e. The highest BCUT2D eigenvalue weighted by Crippen LogP contribution is 2.28. The van der Waals surface area contributed by atoms with Crippen molar-refractivity contribution in [1.82, 2.24) is 4.72 Å². The third kappa shape index (κ3) is 4.04. The standard InChI is InChI=1S/C14H21BrN2O2S/c15-13-3-1-2-4-14(13)20(18,19)17-10-12-7-5-11(9-16)6-8-12/h1-4,11-12,17H,5-10,16H2. The Hall–Kier alpha value is -0.430. The van der Waals surface area contributed by atoms with E-state index in [9.17, 15) is 8.42 Å². The molecule has 0 aromatic heterocycles. The monoisotopic (exact) mass is 360 g/mol. The third-order valence-corrected chi connectivity index (χ3v) is 6.42. The molecule has 0 spiro atoms. The van der Waals surface area contributed by atoms with Crippen molar-refractivity contribution in [3.63, 3.8) is 0 Å². The molecule has 0 aliphatic heterocycles. The summed E-state index contributed by atoms with van der Waals surface area (Å²) < 4.78 is 27.8. The highest BCUT2D eigenvalue weighted by atomic mass is 79.9. The first-order valence-electron chi connectivity index (χ1n) is 6.97. The fraction of sp³-hybridized carbons (Fsp3) is 0.571. The van der Waals surface area contributed by atoms with Crippen molar-refractivity contribution in [3.8, 4) is 0 Å². The van der Waals surface area contributed by atoms with Crippen LogP contribution in [0, 0.1) is 11.8 Å². The minimum Gasteiger partial charge on any atom is -0.330 e. The lowest BCUT2D eigenvalue weighted by atomic mass is 9.82. The van der Waals surface area contributed by atoms with Crippen molar-refractivity contribution in [2.24, 2.45) is 17.6 Å². The number of sulfonamides is 1. The number of hydrogen-bond acceptors (Lipinski definition) is 3. The van der Waals surface area contributed by atoms with Crippen molar-refractivity contribution in [3.05, 3.63) is 28.7 Å². The predicted molar refractivity (Wildman–Crippen MR) is 83.8 cm³/mol. The Morgan fingerprint density at radius 3 is 2.35 bits per heavy atom. The van der Waals surface area contributed by atoms with Crippen LogP contribution in [0.2, 0.25) is 0 Å². The molecule has 20 heavy (non-hydrogen) atoms. The first-order valence-corrected chi connectivity index (χ1v) is 9.25. The fourth-order valence-corrected chi connectivity index (χ4v) is 4.76. The van der Waals surface area contributed by atoms with Crippen LogP contribution in [0.1, 0.15) is 25.7 Å². The van der Waals surface area contributed by atoms with Crippen molar-refractivity contribution in [2.45, 2.75) is 30.6 Å². The van der Waals surface area contributed by atoms with Gasteiger partial charge in [-0.2, -0.15) is 0 Å². The van der Waals surface area contributed by atoms with E-state index in [1.165, 1.54) is 0 Å². The Balaban J connectivity index is 1.92. The van der Waals surface area contributed by atoms with Gasteiger partial charge in [-0.25, -0.2) is 13.1 Å². The van der Waals surface area contributed by atoms with Gasteiger partial charge >= 0.3 is 0 Å². The molecule has 0 unspecified atom stereocenters. The van der Waals surface area contributed by atoms with Gasteiger partial charge in [-0.15, -0.1) is 0 Å². The molecular formula is C14H21BrN2O2S. The lowest BCUT2D eigenvalue weighted by Gasteiger charge is -2.27. The van der Waals surface area contributed by atoms with Gasteiger partial charge in [-0.3, -0.25) is 0 Å². The van der Waals surface area contributed by atoms with Crippen molar-refractivity contribution < 1.29 is 8.42 Å². The molecule has 2 rings (SSSR count). The number of hydrogen-bond donors (Lipinski definition) is 2. The zero-order valence-corrected chi connectivity index (χ0v) is 13.8. The number of nitrogens with two attached hydrogens (primary N) is 1. The summed E-state index contributed by atoms with van der Waals surface area (Å²) in [6.45, 7) is 1.26. The SMILES string of the molecule is NCC1CCC(CNS(=O)(=O)c2ccccc2Br)CC1. The number of nitrogens with one attached hydrogen (secondary N) is 1. The first kappa shape index (κ1) is 15.9. The van der Waals surface area contributed by atoms with E-state index in [2.05, 4.69) is 20.7 Å². The number of halogens is 1. The average Bonchev–Trinajstić information content (AvgIpc) is 2.46. The summed E-state index contributed by atoms with van der Waals surface area (Å²) in [6, 6.07) is 6.88. The molecule has 0 radical (unpaired) electrons. The first-order chi connectivity index (χ1) is 9.53. The molecule has 1 aliphatic carbocycles. The Bertz CT molecular complexity index is 540. The average molecular weight is 361 g/mol. The lowest BCUT2D eigenvalue weighted by Crippen LogP contribution is -2.32. The van der Waals surface area contributed by atoms with Gasteiger partial charge in [0.1, 0.15) is 0 Å². The van der Waals surface area contributed by atoms with Crippen LogP contribution >= 0.6 is 15.9 Å². The van der Waals surface area contributed by atoms with Crippen LogP contribution in [0.25, 0.3) is 0 Å². The molecule has 3 N–H and O–H groups in total. The fourth-order valence-electron chi connectivity index (χ4n) is 2.64. The zero-order valence-electron chi connectivity index (χ0n) is 11.4. The van der Waals surface area contributed by atoms with Gasteiger partial charge in [0.15, 0.2) is 0 Å². The van der Waals surface area contributed by atoms with Crippen LogP contribution in [0.5, 0.6) is 0 Å². The quantitative estimate of drug-likeness (QED) is 0.846. The van der Waals surface area contributed by atoms with Crippen LogP contribution in [-0.4, -0.2) is 21.5 Å². The Morgan fingerprint density at radius 1 is 1.15 bits per heavy atom. The second-order valence-electron chi connectivity index (χ2n) is 5.40. The maximum absolute atomic E-state index is 12.3. The van der Waals surface area contributed by atoms with Crippen molar-refractivity contribution >= 4 is 26.0 Å². The van der Waals surface area contributed by atoms with Crippen LogP contribution in [0.4, 0.5) is 0 Å². The summed E-state index contributed by atoms with van der Waals surface area (Å²) in [5.41, 5.74) is 5.67. The number of benzene rings is 1. The van der Waals surface area contributed by atoms with Crippen molar-refractivity contribution in [2.75, 3.05) is 13.1 Å². The Morgan fingerprint density at radius 2 is 1.75 bits per heavy atom. The van der Waals surface area contributed by atoms with Gasteiger partial charge in [0, 0.05) is 11.0 Å². The highest BCUT2D eigenvalue weighted by Gasteiger charge is 2.23. The third-order valence-electron chi connectivity index (χ3n) is 3.99. The van der Waals surface area contributed by atoms with Gasteiger partial charge < -0.3 is 5.73 Å². The van der Waals surface area contributed by atoms with Crippen LogP contribution in [-0.2, 0) is 10.0 Å². The summed E-state index contributed by atoms with van der Waals surface area (Å²) in [6.07, 6.45) is 4.33. The topological polar surface area (TPSA) is 72.2 Å². The van der Waals surface area contributed by atoms with E-state index in [1.807, 2.05) is 0 Å². The molecule has 1 aromatic rings. The molecule has 0 saturated heterocycles. The van der Waals surface area contributed by atoms with Crippen LogP contribution < -0.4 is 10.5 Å². The molecule has 0 amide bonds. The minimum atomic E-state index is -3.43. The van der Waals surface area contributed by atoms with Crippen molar-refractivity contribution in [1.29, 1.82) is 0 Å². The predicted octanol–water partition coefficient (Wildman–Crippen LogP) is 2.49. The molecule has 0 atom stereocenters. The Labute approximate surface area is 129 Å².